The molecule has 0 aliphatic heterocycles. The van der Waals surface area contributed by atoms with Crippen LogP contribution in [-0.2, 0) is 9.59 Å². The van der Waals surface area contributed by atoms with Crippen LogP contribution in [-0.4, -0.2) is 25.5 Å². The highest BCUT2D eigenvalue weighted by molar-refractivity contribution is 6.01. The number of ether oxygens (including phenoxy) is 1. The number of rotatable bonds is 5. The lowest BCUT2D eigenvalue weighted by atomic mass is 10.2. The number of nitrogens with zero attached hydrogens (tertiary/aromatic N) is 1. The van der Waals surface area contributed by atoms with Crippen LogP contribution in [0.5, 0.6) is 5.75 Å². The molecule has 2 rings (SSSR count). The fraction of sp³-hybridized carbons (Fsp3) is 0.176. The molecule has 0 saturated carbocycles. The number of halogens is 1. The molecule has 0 bridgehead atoms. The van der Waals surface area contributed by atoms with Crippen molar-refractivity contribution >= 4 is 23.2 Å². The number of methoxy groups -OCH3 is 1. The second-order valence-electron chi connectivity index (χ2n) is 4.86. The number of anilines is 2. The van der Waals surface area contributed by atoms with Crippen molar-refractivity contribution in [1.29, 1.82) is 0 Å². The highest BCUT2D eigenvalue weighted by Crippen LogP contribution is 2.19. The zero-order chi connectivity index (χ0) is 16.8. The minimum Gasteiger partial charge on any atom is -0.497 e. The van der Waals surface area contributed by atoms with Gasteiger partial charge in [-0.15, -0.1) is 0 Å². The molecule has 0 radical (unpaired) electrons. The van der Waals surface area contributed by atoms with Gasteiger partial charge in [0.2, 0.25) is 11.8 Å². The van der Waals surface area contributed by atoms with E-state index >= 15 is 0 Å². The first-order valence-corrected chi connectivity index (χ1v) is 6.97. The smallest absolute Gasteiger partial charge is 0.244 e. The molecule has 0 aliphatic rings. The van der Waals surface area contributed by atoms with Crippen molar-refractivity contribution in [2.45, 2.75) is 6.92 Å². The van der Waals surface area contributed by atoms with Gasteiger partial charge < -0.3 is 15.0 Å². The van der Waals surface area contributed by atoms with Crippen molar-refractivity contribution in [2.24, 2.45) is 0 Å². The van der Waals surface area contributed by atoms with Crippen LogP contribution in [0.1, 0.15) is 6.92 Å². The summed E-state index contributed by atoms with van der Waals surface area (Å²) in [5.41, 5.74) is 0.918. The largest absolute Gasteiger partial charge is 0.497 e. The molecule has 2 amide bonds. The number of hydrogen-bond acceptors (Lipinski definition) is 3. The lowest BCUT2D eigenvalue weighted by Gasteiger charge is -2.21. The summed E-state index contributed by atoms with van der Waals surface area (Å²) in [6.45, 7) is 1.21. The summed E-state index contributed by atoms with van der Waals surface area (Å²) in [5.74, 6) is -0.478. The van der Waals surface area contributed by atoms with Gasteiger partial charge in [-0.2, -0.15) is 0 Å². The molecule has 0 aliphatic carbocycles. The van der Waals surface area contributed by atoms with Gasteiger partial charge in [0.05, 0.1) is 7.11 Å². The fourth-order valence-corrected chi connectivity index (χ4v) is 2.06. The van der Waals surface area contributed by atoms with Crippen LogP contribution in [0.3, 0.4) is 0 Å². The van der Waals surface area contributed by atoms with Gasteiger partial charge >= 0.3 is 0 Å². The molecule has 0 fully saturated rings. The second kappa shape index (κ2) is 7.40. The van der Waals surface area contributed by atoms with Gasteiger partial charge in [-0.1, -0.05) is 6.07 Å². The monoisotopic (exact) mass is 316 g/mol. The predicted molar refractivity (Wildman–Crippen MR) is 86.1 cm³/mol. The van der Waals surface area contributed by atoms with Crippen molar-refractivity contribution in [3.8, 4) is 5.75 Å². The van der Waals surface area contributed by atoms with Crippen LogP contribution in [0.4, 0.5) is 15.8 Å². The fourth-order valence-electron chi connectivity index (χ4n) is 2.06. The van der Waals surface area contributed by atoms with E-state index in [1.165, 1.54) is 30.0 Å². The summed E-state index contributed by atoms with van der Waals surface area (Å²) in [6, 6.07) is 12.4. The van der Waals surface area contributed by atoms with E-state index in [-0.39, 0.29) is 12.5 Å². The van der Waals surface area contributed by atoms with Crippen LogP contribution in [0.25, 0.3) is 0 Å². The predicted octanol–water partition coefficient (Wildman–Crippen LogP) is 2.83. The van der Waals surface area contributed by atoms with E-state index in [9.17, 15) is 14.0 Å². The molecule has 0 unspecified atom stereocenters. The van der Waals surface area contributed by atoms with Crippen LogP contribution in [0.15, 0.2) is 48.5 Å². The third kappa shape index (κ3) is 4.54. The SMILES string of the molecule is COc1ccc(N(CC(=O)Nc2cccc(F)c2)C(C)=O)cc1. The molecule has 2 aromatic carbocycles. The number of carbonyl (C=O) groups excluding carboxylic acids is 2. The molecule has 5 nitrogen and oxygen atoms in total. The van der Waals surface area contributed by atoms with Gasteiger partial charge in [0.15, 0.2) is 0 Å². The molecule has 23 heavy (non-hydrogen) atoms. The second-order valence-corrected chi connectivity index (χ2v) is 4.86. The van der Waals surface area contributed by atoms with Gasteiger partial charge in [0.25, 0.3) is 0 Å². The first kappa shape index (κ1) is 16.5. The third-order valence-corrected chi connectivity index (χ3v) is 3.17. The Balaban J connectivity index is 2.09. The minimum absolute atomic E-state index is 0.168. The molecule has 0 heterocycles. The molecule has 2 aromatic rings. The van der Waals surface area contributed by atoms with E-state index in [4.69, 9.17) is 4.74 Å². The highest BCUT2D eigenvalue weighted by atomic mass is 19.1. The Kier molecular flexibility index (Phi) is 5.30. The van der Waals surface area contributed by atoms with E-state index in [1.54, 1.807) is 37.4 Å². The summed E-state index contributed by atoms with van der Waals surface area (Å²) in [5, 5.41) is 2.56. The number of benzene rings is 2. The summed E-state index contributed by atoms with van der Waals surface area (Å²) in [6.07, 6.45) is 0. The van der Waals surface area contributed by atoms with E-state index in [0.717, 1.165) is 0 Å². The molecule has 120 valence electrons. The molecular weight excluding hydrogens is 299 g/mol. The first-order chi connectivity index (χ1) is 11.0. The quantitative estimate of drug-likeness (QED) is 0.923. The van der Waals surface area contributed by atoms with Crippen LogP contribution < -0.4 is 15.0 Å². The summed E-state index contributed by atoms with van der Waals surface area (Å²) >= 11 is 0. The molecule has 1 N–H and O–H groups in total. The molecule has 6 heteroatoms. The Morgan fingerprint density at radius 2 is 1.87 bits per heavy atom. The molecule has 0 spiro atoms. The minimum atomic E-state index is -0.443. The van der Waals surface area contributed by atoms with Crippen LogP contribution in [0.2, 0.25) is 0 Å². The van der Waals surface area contributed by atoms with Crippen molar-refractivity contribution in [3.63, 3.8) is 0 Å². The van der Waals surface area contributed by atoms with Crippen molar-refractivity contribution in [1.82, 2.24) is 0 Å². The lowest BCUT2D eigenvalue weighted by molar-refractivity contribution is -0.120. The first-order valence-electron chi connectivity index (χ1n) is 6.97. The molecule has 0 aromatic heterocycles. The summed E-state index contributed by atoms with van der Waals surface area (Å²) in [7, 11) is 1.55. The average Bonchev–Trinajstić information content (AvgIpc) is 2.52. The molecular formula is C17H17FN2O3. The van der Waals surface area contributed by atoms with E-state index in [2.05, 4.69) is 5.32 Å². The maximum atomic E-state index is 13.1. The Hall–Kier alpha value is -2.89. The van der Waals surface area contributed by atoms with Gasteiger partial charge in [0, 0.05) is 18.3 Å². The number of nitrogens with one attached hydrogen (secondary N) is 1. The van der Waals surface area contributed by atoms with Crippen LogP contribution in [0, 0.1) is 5.82 Å². The Morgan fingerprint density at radius 1 is 1.17 bits per heavy atom. The van der Waals surface area contributed by atoms with Crippen molar-refractivity contribution in [2.75, 3.05) is 23.9 Å². The van der Waals surface area contributed by atoms with Gasteiger partial charge in [-0.05, 0) is 42.5 Å². The third-order valence-electron chi connectivity index (χ3n) is 3.17. The van der Waals surface area contributed by atoms with E-state index in [0.29, 0.717) is 17.1 Å². The Morgan fingerprint density at radius 3 is 2.43 bits per heavy atom. The standard InChI is InChI=1S/C17H17FN2O3/c1-12(21)20(15-6-8-16(23-2)9-7-15)11-17(22)19-14-5-3-4-13(18)10-14/h3-10H,11H2,1-2H3,(H,19,22). The Bertz CT molecular complexity index is 701. The van der Waals surface area contributed by atoms with Gasteiger partial charge in [-0.3, -0.25) is 9.59 Å². The summed E-state index contributed by atoms with van der Waals surface area (Å²) in [4.78, 5) is 25.2. The molecule has 0 atom stereocenters. The number of hydrogen-bond donors (Lipinski definition) is 1. The number of carbonyl (C=O) groups is 2. The maximum Gasteiger partial charge on any atom is 0.244 e. The number of amides is 2. The van der Waals surface area contributed by atoms with E-state index < -0.39 is 11.7 Å². The summed E-state index contributed by atoms with van der Waals surface area (Å²) < 4.78 is 18.2. The topological polar surface area (TPSA) is 58.6 Å². The normalized spacial score (nSPS) is 10.0. The Labute approximate surface area is 133 Å². The average molecular weight is 316 g/mol. The van der Waals surface area contributed by atoms with Gasteiger partial charge in [-0.25, -0.2) is 4.39 Å². The van der Waals surface area contributed by atoms with Crippen molar-refractivity contribution in [3.05, 3.63) is 54.3 Å². The van der Waals surface area contributed by atoms with E-state index in [1.807, 2.05) is 0 Å². The van der Waals surface area contributed by atoms with Crippen molar-refractivity contribution < 1.29 is 18.7 Å². The highest BCUT2D eigenvalue weighted by Gasteiger charge is 2.16. The van der Waals surface area contributed by atoms with Gasteiger partial charge in [0.1, 0.15) is 18.1 Å². The molecule has 0 saturated heterocycles. The van der Waals surface area contributed by atoms with Crippen LogP contribution >= 0.6 is 0 Å². The zero-order valence-corrected chi connectivity index (χ0v) is 12.9. The lowest BCUT2D eigenvalue weighted by Crippen LogP contribution is -2.36. The maximum absolute atomic E-state index is 13.1. The zero-order valence-electron chi connectivity index (χ0n) is 12.9.